The van der Waals surface area contributed by atoms with E-state index in [0.717, 1.165) is 16.2 Å². The summed E-state index contributed by atoms with van der Waals surface area (Å²) >= 11 is 0. The monoisotopic (exact) mass is 871 g/mol. The molecule has 0 aliphatic heterocycles. The molecule has 0 aromatic heterocycles. The third kappa shape index (κ3) is 2.21. The van der Waals surface area contributed by atoms with Gasteiger partial charge in [-0.2, -0.15) is 0 Å². The molecule has 0 N–H and O–H groups in total. The minimum atomic E-state index is 1.02. The van der Waals surface area contributed by atoms with Crippen LogP contribution in [0.4, 0.5) is 0 Å². The van der Waals surface area contributed by atoms with Crippen LogP contribution in [0.5, 0.6) is 0 Å². The Morgan fingerprint density at radius 1 is 0.182 bits per heavy atom. The van der Waals surface area contributed by atoms with Crippen LogP contribution in [0.2, 0.25) is 0 Å². The van der Waals surface area contributed by atoms with Gasteiger partial charge < -0.3 is 0 Å². The van der Waals surface area contributed by atoms with Crippen LogP contribution in [0.3, 0.4) is 0 Å². The van der Waals surface area contributed by atoms with Crippen molar-refractivity contribution in [1.82, 2.24) is 0 Å². The molecular weight excluding hydrogens is 793 g/mol. The quantitative estimate of drug-likeness (QED) is 0.213. The molecule has 0 amide bonds. The maximum Gasteiger partial charge on any atom is -0.0204 e. The second-order valence-electron chi connectivity index (χ2n) is 35.9. The maximum atomic E-state index is 1.69. The fourth-order valence-corrected chi connectivity index (χ4v) is 39.3. The van der Waals surface area contributed by atoms with E-state index in [2.05, 4.69) is 0 Å². The summed E-state index contributed by atoms with van der Waals surface area (Å²) < 4.78 is 0. The number of fused-ring (bicyclic) bond motifs is 60. The predicted octanol–water partition coefficient (Wildman–Crippen LogP) is 11.8. The first-order valence-corrected chi connectivity index (χ1v) is 32.8. The smallest absolute Gasteiger partial charge is 0.0204 e. The van der Waals surface area contributed by atoms with Crippen LogP contribution in [-0.2, 0) is 0 Å². The van der Waals surface area contributed by atoms with Gasteiger partial charge in [0.1, 0.15) is 0 Å². The molecule has 51 unspecified atom stereocenters. The average Bonchev–Trinajstić information content (AvgIpc) is 3.23. The van der Waals surface area contributed by atoms with Gasteiger partial charge in [-0.25, -0.2) is 0 Å². The van der Waals surface area contributed by atoms with E-state index in [1.165, 1.54) is 284 Å². The highest BCUT2D eigenvalue weighted by Gasteiger charge is 2.97. The van der Waals surface area contributed by atoms with E-state index in [4.69, 9.17) is 0 Å². The largest absolute Gasteiger partial charge is 0.0496 e. The summed E-state index contributed by atoms with van der Waals surface area (Å²) in [7, 11) is 0. The molecule has 342 valence electrons. The average molecular weight is 871 g/mol. The van der Waals surface area contributed by atoms with Gasteiger partial charge >= 0.3 is 0 Å². The second-order valence-corrected chi connectivity index (χ2v) is 35.9. The molecule has 0 aromatic carbocycles. The highest BCUT2D eigenvalue weighted by Crippen LogP contribution is 3.01. The van der Waals surface area contributed by atoms with E-state index in [1.54, 1.807) is 96.3 Å². The van der Waals surface area contributed by atoms with Crippen LogP contribution in [0, 0.1) is 300 Å². The zero-order chi connectivity index (χ0) is 39.8. The Morgan fingerprint density at radius 2 is 0.379 bits per heavy atom. The standard InChI is InChI=1S/3C22H26/c3*1-2-8-7(1)10-11(8)14-13(10)16-17(14)19-18(16)15-12-9-5-6-3-4-22(6,9)21(12)20(15)19/h3*6-21H,1-5H2. The molecule has 30 aliphatic carbocycles. The molecule has 0 heterocycles. The number of hydrogen-bond acceptors (Lipinski definition) is 0. The Kier molecular flexibility index (Phi) is 4.15. The van der Waals surface area contributed by atoms with Crippen LogP contribution in [-0.4, -0.2) is 0 Å². The molecule has 30 rings (SSSR count). The summed E-state index contributed by atoms with van der Waals surface area (Å²) in [5.74, 6) is 62.3. The first-order valence-electron chi connectivity index (χ1n) is 32.8. The van der Waals surface area contributed by atoms with Gasteiger partial charge in [0.15, 0.2) is 0 Å². The summed E-state index contributed by atoms with van der Waals surface area (Å²) in [4.78, 5) is 0. The molecule has 30 fully saturated rings. The van der Waals surface area contributed by atoms with Gasteiger partial charge in [0, 0.05) is 0 Å². The Morgan fingerprint density at radius 3 is 0.561 bits per heavy atom. The van der Waals surface area contributed by atoms with E-state index in [1.807, 2.05) is 0 Å². The van der Waals surface area contributed by atoms with Crippen molar-refractivity contribution in [2.24, 2.45) is 300 Å². The van der Waals surface area contributed by atoms with Gasteiger partial charge in [-0.05, 0) is 397 Å². The number of rotatable bonds is 0. The molecule has 30 saturated carbocycles. The van der Waals surface area contributed by atoms with Crippen molar-refractivity contribution in [3.63, 3.8) is 0 Å². The summed E-state index contributed by atoms with van der Waals surface area (Å²) in [5, 5.41) is 0. The van der Waals surface area contributed by atoms with Crippen molar-refractivity contribution in [2.75, 3.05) is 0 Å². The lowest BCUT2D eigenvalue weighted by molar-refractivity contribution is -0.512. The predicted molar refractivity (Wildman–Crippen MR) is 244 cm³/mol. The second kappa shape index (κ2) is 8.50. The van der Waals surface area contributed by atoms with Gasteiger partial charge in [-0.1, -0.05) is 0 Å². The third-order valence-electron chi connectivity index (χ3n) is 40.3. The van der Waals surface area contributed by atoms with Crippen molar-refractivity contribution in [3.8, 4) is 0 Å². The summed E-state index contributed by atoms with van der Waals surface area (Å²) in [6, 6.07) is 0. The molecule has 0 bridgehead atoms. The van der Waals surface area contributed by atoms with E-state index < -0.39 is 0 Å². The molecular formula is C66H78. The van der Waals surface area contributed by atoms with Crippen LogP contribution in [0.1, 0.15) is 96.3 Å². The molecule has 0 saturated heterocycles. The lowest BCUT2D eigenvalue weighted by Gasteiger charge is -2.98. The first kappa shape index (κ1) is 32.2. The zero-order valence-electron chi connectivity index (χ0n) is 39.8. The molecule has 0 aromatic rings. The fraction of sp³-hybridized carbons (Fsp3) is 1.00. The molecule has 0 heteroatoms. The van der Waals surface area contributed by atoms with Crippen LogP contribution in [0.25, 0.3) is 0 Å². The Bertz CT molecular complexity index is 2320. The van der Waals surface area contributed by atoms with Crippen molar-refractivity contribution in [2.45, 2.75) is 96.3 Å². The van der Waals surface area contributed by atoms with E-state index in [-0.39, 0.29) is 0 Å². The minimum absolute atomic E-state index is 1.02. The summed E-state index contributed by atoms with van der Waals surface area (Å²) in [6.07, 6.45) is 24.9. The molecule has 3 spiro atoms. The summed E-state index contributed by atoms with van der Waals surface area (Å²) in [6.45, 7) is 0. The topological polar surface area (TPSA) is 0 Å². The minimum Gasteiger partial charge on any atom is -0.0496 e. The highest BCUT2D eigenvalue weighted by molar-refractivity contribution is 5.44. The van der Waals surface area contributed by atoms with Crippen molar-refractivity contribution in [3.05, 3.63) is 0 Å². The Hall–Kier alpha value is 0. The zero-order valence-corrected chi connectivity index (χ0v) is 39.8. The Balaban J connectivity index is 0.0000000678. The van der Waals surface area contributed by atoms with Crippen molar-refractivity contribution >= 4 is 0 Å². The van der Waals surface area contributed by atoms with Gasteiger partial charge in [0.2, 0.25) is 0 Å². The van der Waals surface area contributed by atoms with Crippen molar-refractivity contribution < 1.29 is 0 Å². The molecule has 30 aliphatic rings. The molecule has 0 radical (unpaired) electrons. The third-order valence-corrected chi connectivity index (χ3v) is 40.3. The van der Waals surface area contributed by atoms with Crippen LogP contribution in [0.15, 0.2) is 0 Å². The highest BCUT2D eigenvalue weighted by atomic mass is 15.0. The number of hydrogen-bond donors (Lipinski definition) is 0. The first-order chi connectivity index (χ1) is 32.8. The van der Waals surface area contributed by atoms with Gasteiger partial charge in [-0.3, -0.25) is 0 Å². The maximum absolute atomic E-state index is 1.69. The van der Waals surface area contributed by atoms with Crippen LogP contribution >= 0.6 is 0 Å². The van der Waals surface area contributed by atoms with Crippen molar-refractivity contribution in [1.29, 1.82) is 0 Å². The van der Waals surface area contributed by atoms with E-state index in [0.29, 0.717) is 0 Å². The lowest BCUT2D eigenvalue weighted by Crippen LogP contribution is -2.94. The lowest BCUT2D eigenvalue weighted by atomic mass is 9.06. The van der Waals surface area contributed by atoms with Gasteiger partial charge in [0.25, 0.3) is 0 Å². The normalized spacial score (nSPS) is 92.7. The van der Waals surface area contributed by atoms with E-state index >= 15 is 0 Å². The van der Waals surface area contributed by atoms with E-state index in [9.17, 15) is 0 Å². The fourth-order valence-electron chi connectivity index (χ4n) is 39.3. The molecule has 0 nitrogen and oxygen atoms in total. The Labute approximate surface area is 394 Å². The van der Waals surface area contributed by atoms with Gasteiger partial charge in [0.05, 0.1) is 0 Å². The molecule has 66 heavy (non-hydrogen) atoms. The van der Waals surface area contributed by atoms with Gasteiger partial charge in [-0.15, -0.1) is 0 Å². The summed E-state index contributed by atoms with van der Waals surface area (Å²) in [5.41, 5.74) is 3.05. The van der Waals surface area contributed by atoms with Crippen LogP contribution < -0.4 is 0 Å². The molecule has 51 atom stereocenters. The SMILES string of the molecule is C1CC2C1C1C2C2C1C1C2C2C1C1C2C2C1C1CC3CCC312.C1CC2C1C1C2C2C1C1C2C2C1C1C2C2C1C1CC3CCC312.C1CC2C1C1C2C2C1C1C2C2C1C1C2C2C1C1CC3CCC312.